The molecule has 0 aromatic carbocycles. The van der Waals surface area contributed by atoms with Crippen LogP contribution in [0.15, 0.2) is 12.1 Å². The molecule has 0 saturated carbocycles. The monoisotopic (exact) mass is 221 g/mol. The molecule has 1 rings (SSSR count). The minimum absolute atomic E-state index is 0.467. The van der Waals surface area contributed by atoms with Crippen molar-refractivity contribution in [2.75, 3.05) is 6.54 Å². The molecule has 1 atom stereocenters. The first-order valence-corrected chi connectivity index (χ1v) is 6.29. The second kappa shape index (κ2) is 6.66. The molecule has 0 aliphatic rings. The summed E-state index contributed by atoms with van der Waals surface area (Å²) in [4.78, 5) is 2.80. The molecule has 0 radical (unpaired) electrons. The molecule has 1 nitrogen and oxygen atoms in total. The molecule has 0 spiro atoms. The Balaban J connectivity index is 2.19. The first-order valence-electron chi connectivity index (χ1n) is 5.47. The van der Waals surface area contributed by atoms with E-state index in [1.165, 1.54) is 16.2 Å². The minimum Gasteiger partial charge on any atom is -0.309 e. The number of hydrogen-bond donors (Lipinski definition) is 1. The summed E-state index contributed by atoms with van der Waals surface area (Å²) in [7, 11) is 0. The second-order valence-corrected chi connectivity index (χ2v) is 5.10. The van der Waals surface area contributed by atoms with Crippen molar-refractivity contribution in [2.24, 2.45) is 0 Å². The number of rotatable bonds is 6. The normalized spacial score (nSPS) is 12.3. The molecule has 82 valence electrons. The van der Waals surface area contributed by atoms with Crippen LogP contribution >= 0.6 is 11.3 Å². The van der Waals surface area contributed by atoms with E-state index >= 15 is 0 Å². The van der Waals surface area contributed by atoms with Crippen LogP contribution in [0.1, 0.15) is 42.0 Å². The number of thiophene rings is 1. The predicted octanol–water partition coefficient (Wildman–Crippen LogP) is 3.51. The maximum atomic E-state index is 5.20. The summed E-state index contributed by atoms with van der Waals surface area (Å²) in [6.07, 6.45) is 8.38. The summed E-state index contributed by atoms with van der Waals surface area (Å²) in [6, 6.07) is 4.85. The van der Waals surface area contributed by atoms with Crippen LogP contribution in [0, 0.1) is 19.3 Å². The van der Waals surface area contributed by atoms with Gasteiger partial charge >= 0.3 is 0 Å². The minimum atomic E-state index is 0.467. The van der Waals surface area contributed by atoms with Crippen LogP contribution in [0.2, 0.25) is 0 Å². The zero-order valence-corrected chi connectivity index (χ0v) is 10.4. The topological polar surface area (TPSA) is 12.0 Å². The highest BCUT2D eigenvalue weighted by molar-refractivity contribution is 7.12. The number of aryl methyl sites for hydroxylation is 1. The molecule has 0 aliphatic carbocycles. The van der Waals surface area contributed by atoms with Gasteiger partial charge in [0.05, 0.1) is 0 Å². The third-order valence-electron chi connectivity index (χ3n) is 2.39. The third-order valence-corrected chi connectivity index (χ3v) is 3.57. The van der Waals surface area contributed by atoms with Gasteiger partial charge in [-0.15, -0.1) is 23.7 Å². The molecular formula is C13H19NS. The molecule has 1 unspecified atom stereocenters. The molecule has 0 fully saturated rings. The van der Waals surface area contributed by atoms with Gasteiger partial charge in [0, 0.05) is 22.2 Å². The molecule has 0 saturated heterocycles. The summed E-state index contributed by atoms with van der Waals surface area (Å²) in [5.41, 5.74) is 0. The van der Waals surface area contributed by atoms with Gasteiger partial charge in [-0.3, -0.25) is 0 Å². The van der Waals surface area contributed by atoms with Crippen molar-refractivity contribution in [1.29, 1.82) is 0 Å². The fourth-order valence-electron chi connectivity index (χ4n) is 1.46. The van der Waals surface area contributed by atoms with E-state index in [0.717, 1.165) is 19.4 Å². The van der Waals surface area contributed by atoms with Crippen LogP contribution < -0.4 is 5.32 Å². The molecule has 1 aromatic rings. The fourth-order valence-corrected chi connectivity index (χ4v) is 2.36. The van der Waals surface area contributed by atoms with Gasteiger partial charge in [-0.2, -0.15) is 0 Å². The summed E-state index contributed by atoms with van der Waals surface area (Å²) in [5.74, 6) is 2.67. The van der Waals surface area contributed by atoms with Crippen molar-refractivity contribution < 1.29 is 0 Å². The highest BCUT2D eigenvalue weighted by Crippen LogP contribution is 2.22. The van der Waals surface area contributed by atoms with Crippen molar-refractivity contribution >= 4 is 11.3 Å². The number of terminal acetylenes is 1. The van der Waals surface area contributed by atoms with Crippen LogP contribution in [0.5, 0.6) is 0 Å². The molecule has 2 heteroatoms. The Morgan fingerprint density at radius 2 is 2.27 bits per heavy atom. The van der Waals surface area contributed by atoms with Crippen LogP contribution in [0.25, 0.3) is 0 Å². The Labute approximate surface area is 96.9 Å². The van der Waals surface area contributed by atoms with E-state index < -0.39 is 0 Å². The molecule has 0 bridgehead atoms. The van der Waals surface area contributed by atoms with Crippen molar-refractivity contribution in [3.8, 4) is 12.3 Å². The van der Waals surface area contributed by atoms with Gasteiger partial charge in [-0.05, 0) is 45.4 Å². The van der Waals surface area contributed by atoms with E-state index in [4.69, 9.17) is 6.42 Å². The SMILES string of the molecule is C#CCCCCNC(C)c1ccc(C)s1. The Hall–Kier alpha value is -0.780. The first-order chi connectivity index (χ1) is 7.24. The lowest BCUT2D eigenvalue weighted by molar-refractivity contribution is 0.555. The Morgan fingerprint density at radius 3 is 2.87 bits per heavy atom. The average Bonchev–Trinajstić information content (AvgIpc) is 2.64. The van der Waals surface area contributed by atoms with Crippen LogP contribution in [-0.4, -0.2) is 6.54 Å². The van der Waals surface area contributed by atoms with E-state index in [2.05, 4.69) is 37.2 Å². The lowest BCUT2D eigenvalue weighted by Gasteiger charge is -2.11. The summed E-state index contributed by atoms with van der Waals surface area (Å²) < 4.78 is 0. The quantitative estimate of drug-likeness (QED) is 0.572. The smallest absolute Gasteiger partial charge is 0.0386 e. The van der Waals surface area contributed by atoms with Gasteiger partial charge in [0.25, 0.3) is 0 Å². The van der Waals surface area contributed by atoms with E-state index in [-0.39, 0.29) is 0 Å². The van der Waals surface area contributed by atoms with Gasteiger partial charge in [-0.1, -0.05) is 0 Å². The van der Waals surface area contributed by atoms with E-state index in [1.807, 2.05) is 11.3 Å². The predicted molar refractivity (Wildman–Crippen MR) is 68.2 cm³/mol. The van der Waals surface area contributed by atoms with Crippen molar-refractivity contribution in [3.63, 3.8) is 0 Å². The molecule has 15 heavy (non-hydrogen) atoms. The lowest BCUT2D eigenvalue weighted by Crippen LogP contribution is -2.18. The maximum absolute atomic E-state index is 5.20. The maximum Gasteiger partial charge on any atom is 0.0386 e. The molecule has 1 N–H and O–H groups in total. The number of nitrogens with one attached hydrogen (secondary N) is 1. The van der Waals surface area contributed by atoms with Crippen molar-refractivity contribution in [2.45, 2.75) is 39.2 Å². The zero-order chi connectivity index (χ0) is 11.1. The average molecular weight is 221 g/mol. The fraction of sp³-hybridized carbons (Fsp3) is 0.538. The zero-order valence-electron chi connectivity index (χ0n) is 9.55. The van der Waals surface area contributed by atoms with Gasteiger partial charge in [-0.25, -0.2) is 0 Å². The molecule has 0 aliphatic heterocycles. The standard InChI is InChI=1S/C13H19NS/c1-4-5-6-7-10-14-12(3)13-9-8-11(2)15-13/h1,8-9,12,14H,5-7,10H2,2-3H3. The van der Waals surface area contributed by atoms with Crippen molar-refractivity contribution in [1.82, 2.24) is 5.32 Å². The van der Waals surface area contributed by atoms with E-state index in [9.17, 15) is 0 Å². The van der Waals surface area contributed by atoms with Crippen LogP contribution in [0.4, 0.5) is 0 Å². The first kappa shape index (κ1) is 12.3. The number of unbranched alkanes of at least 4 members (excludes halogenated alkanes) is 2. The number of hydrogen-bond acceptors (Lipinski definition) is 2. The molecule has 0 amide bonds. The summed E-state index contributed by atoms with van der Waals surface area (Å²) in [6.45, 7) is 5.42. The highest BCUT2D eigenvalue weighted by atomic mass is 32.1. The summed E-state index contributed by atoms with van der Waals surface area (Å²) >= 11 is 1.87. The Morgan fingerprint density at radius 1 is 1.47 bits per heavy atom. The Kier molecular flexibility index (Phi) is 5.45. The van der Waals surface area contributed by atoms with Crippen LogP contribution in [0.3, 0.4) is 0 Å². The third kappa shape index (κ3) is 4.51. The van der Waals surface area contributed by atoms with Crippen molar-refractivity contribution in [3.05, 3.63) is 21.9 Å². The van der Waals surface area contributed by atoms with Gasteiger partial charge in [0.2, 0.25) is 0 Å². The Bertz CT molecular complexity index is 322. The molecule has 1 heterocycles. The van der Waals surface area contributed by atoms with E-state index in [0.29, 0.717) is 6.04 Å². The van der Waals surface area contributed by atoms with Gasteiger partial charge < -0.3 is 5.32 Å². The molecular weight excluding hydrogens is 202 g/mol. The van der Waals surface area contributed by atoms with E-state index in [1.54, 1.807) is 0 Å². The molecule has 1 aromatic heterocycles. The largest absolute Gasteiger partial charge is 0.309 e. The van der Waals surface area contributed by atoms with Gasteiger partial charge in [0.15, 0.2) is 0 Å². The summed E-state index contributed by atoms with van der Waals surface area (Å²) in [5, 5.41) is 3.51. The lowest BCUT2D eigenvalue weighted by atomic mass is 10.2. The highest BCUT2D eigenvalue weighted by Gasteiger charge is 2.05. The van der Waals surface area contributed by atoms with Crippen LogP contribution in [-0.2, 0) is 0 Å². The second-order valence-electron chi connectivity index (χ2n) is 3.79. The van der Waals surface area contributed by atoms with Gasteiger partial charge in [0.1, 0.15) is 0 Å².